The fraction of sp³-hybridized carbons (Fsp3) is 0.190. The van der Waals surface area contributed by atoms with Crippen molar-refractivity contribution >= 4 is 39.5 Å². The van der Waals surface area contributed by atoms with Gasteiger partial charge in [-0.15, -0.1) is 0 Å². The molecule has 2 aromatic carbocycles. The van der Waals surface area contributed by atoms with E-state index in [1.165, 1.54) is 24.5 Å². The first-order valence-electron chi connectivity index (χ1n) is 9.27. The van der Waals surface area contributed by atoms with Gasteiger partial charge in [0, 0.05) is 18.2 Å². The van der Waals surface area contributed by atoms with Gasteiger partial charge in [-0.05, 0) is 23.8 Å². The van der Waals surface area contributed by atoms with Gasteiger partial charge in [-0.3, -0.25) is 9.59 Å². The predicted octanol–water partition coefficient (Wildman–Crippen LogP) is 2.47. The predicted molar refractivity (Wildman–Crippen MR) is 110 cm³/mol. The summed E-state index contributed by atoms with van der Waals surface area (Å²) in [7, 11) is 1.31. The Bertz CT molecular complexity index is 1310. The first kappa shape index (κ1) is 19.2. The van der Waals surface area contributed by atoms with Crippen molar-refractivity contribution < 1.29 is 33.3 Å². The molecule has 3 aromatic rings. The van der Waals surface area contributed by atoms with E-state index in [9.17, 15) is 9.59 Å². The number of esters is 1. The fourth-order valence-corrected chi connectivity index (χ4v) is 4.25. The van der Waals surface area contributed by atoms with Crippen LogP contribution >= 0.6 is 11.3 Å². The van der Waals surface area contributed by atoms with Crippen LogP contribution in [0, 0.1) is 0 Å². The SMILES string of the molecule is COC(=O)Cn1c(=NC(=O)C=Cc2ccc3c(c2)OCO3)sc2cc3c(cc21)OCO3. The first-order chi connectivity index (χ1) is 15.1. The summed E-state index contributed by atoms with van der Waals surface area (Å²) in [4.78, 5) is 29.0. The molecule has 3 heterocycles. The molecule has 0 atom stereocenters. The molecule has 10 heteroatoms. The van der Waals surface area contributed by atoms with Crippen molar-refractivity contribution in [3.63, 3.8) is 0 Å². The summed E-state index contributed by atoms with van der Waals surface area (Å²) in [6.45, 7) is 0.237. The van der Waals surface area contributed by atoms with Crippen LogP contribution in [0.15, 0.2) is 41.4 Å². The molecular formula is C21H16N2O7S. The normalized spacial score (nSPS) is 14.5. The maximum Gasteiger partial charge on any atom is 0.325 e. The van der Waals surface area contributed by atoms with E-state index in [1.807, 2.05) is 12.1 Å². The number of amides is 1. The molecule has 5 rings (SSSR count). The Morgan fingerprint density at radius 3 is 2.55 bits per heavy atom. The number of carbonyl (C=O) groups excluding carboxylic acids is 2. The highest BCUT2D eigenvalue weighted by molar-refractivity contribution is 7.16. The van der Waals surface area contributed by atoms with Crippen LogP contribution < -0.4 is 23.7 Å². The lowest BCUT2D eigenvalue weighted by Crippen LogP contribution is -2.22. The smallest absolute Gasteiger partial charge is 0.325 e. The topological polar surface area (TPSA) is 97.6 Å². The molecule has 0 saturated heterocycles. The summed E-state index contributed by atoms with van der Waals surface area (Å²) in [6, 6.07) is 8.95. The second-order valence-electron chi connectivity index (χ2n) is 6.62. The number of thiazole rings is 1. The third kappa shape index (κ3) is 3.73. The van der Waals surface area contributed by atoms with Crippen LogP contribution in [0.2, 0.25) is 0 Å². The molecule has 31 heavy (non-hydrogen) atoms. The molecule has 1 aromatic heterocycles. The van der Waals surface area contributed by atoms with Crippen LogP contribution in [-0.2, 0) is 20.9 Å². The van der Waals surface area contributed by atoms with E-state index in [-0.39, 0.29) is 20.1 Å². The van der Waals surface area contributed by atoms with Gasteiger partial charge < -0.3 is 28.3 Å². The van der Waals surface area contributed by atoms with Gasteiger partial charge in [0.05, 0.1) is 17.3 Å². The van der Waals surface area contributed by atoms with Gasteiger partial charge in [-0.2, -0.15) is 4.99 Å². The Labute approximate surface area is 179 Å². The Kier molecular flexibility index (Phi) is 4.83. The zero-order chi connectivity index (χ0) is 21.4. The highest BCUT2D eigenvalue weighted by Gasteiger charge is 2.19. The molecule has 9 nitrogen and oxygen atoms in total. The van der Waals surface area contributed by atoms with Crippen LogP contribution in [0.4, 0.5) is 0 Å². The van der Waals surface area contributed by atoms with Gasteiger partial charge in [0.2, 0.25) is 13.6 Å². The zero-order valence-corrected chi connectivity index (χ0v) is 17.1. The lowest BCUT2D eigenvalue weighted by atomic mass is 10.2. The number of benzene rings is 2. The highest BCUT2D eigenvalue weighted by atomic mass is 32.1. The lowest BCUT2D eigenvalue weighted by molar-refractivity contribution is -0.141. The molecule has 0 radical (unpaired) electrons. The molecule has 2 aliphatic rings. The number of aromatic nitrogens is 1. The summed E-state index contributed by atoms with van der Waals surface area (Å²) < 4.78 is 28.7. The fourth-order valence-electron chi connectivity index (χ4n) is 3.21. The quantitative estimate of drug-likeness (QED) is 0.454. The third-order valence-corrected chi connectivity index (χ3v) is 5.75. The van der Waals surface area contributed by atoms with Crippen molar-refractivity contribution in [2.45, 2.75) is 6.54 Å². The minimum Gasteiger partial charge on any atom is -0.468 e. The van der Waals surface area contributed by atoms with Gasteiger partial charge in [-0.25, -0.2) is 0 Å². The van der Waals surface area contributed by atoms with Gasteiger partial charge in [-0.1, -0.05) is 17.4 Å². The van der Waals surface area contributed by atoms with E-state index in [2.05, 4.69) is 4.99 Å². The summed E-state index contributed by atoms with van der Waals surface area (Å²) in [5.74, 6) is 1.56. The number of rotatable bonds is 4. The molecule has 0 unspecified atom stereocenters. The van der Waals surface area contributed by atoms with E-state index in [0.717, 1.165) is 10.3 Å². The Morgan fingerprint density at radius 2 is 1.77 bits per heavy atom. The average molecular weight is 440 g/mol. The van der Waals surface area contributed by atoms with E-state index < -0.39 is 11.9 Å². The number of fused-ring (bicyclic) bond motifs is 3. The Balaban J connectivity index is 1.49. The lowest BCUT2D eigenvalue weighted by Gasteiger charge is -2.04. The largest absolute Gasteiger partial charge is 0.468 e. The Morgan fingerprint density at radius 1 is 1.06 bits per heavy atom. The van der Waals surface area contributed by atoms with Gasteiger partial charge >= 0.3 is 5.97 Å². The van der Waals surface area contributed by atoms with Crippen molar-refractivity contribution in [2.24, 2.45) is 4.99 Å². The van der Waals surface area contributed by atoms with E-state index >= 15 is 0 Å². The number of methoxy groups -OCH3 is 1. The summed E-state index contributed by atoms with van der Waals surface area (Å²) >= 11 is 1.27. The van der Waals surface area contributed by atoms with Gasteiger partial charge in [0.15, 0.2) is 27.8 Å². The third-order valence-electron chi connectivity index (χ3n) is 4.71. The Hall–Kier alpha value is -3.79. The first-order valence-corrected chi connectivity index (χ1v) is 10.1. The molecule has 0 bridgehead atoms. The second-order valence-corrected chi connectivity index (χ2v) is 7.63. The van der Waals surface area contributed by atoms with E-state index in [1.54, 1.807) is 28.8 Å². The maximum atomic E-state index is 12.5. The summed E-state index contributed by atoms with van der Waals surface area (Å²) in [5.41, 5.74) is 1.48. The molecule has 1 amide bonds. The van der Waals surface area contributed by atoms with Crippen molar-refractivity contribution in [1.29, 1.82) is 0 Å². The molecule has 0 fully saturated rings. The monoisotopic (exact) mass is 440 g/mol. The zero-order valence-electron chi connectivity index (χ0n) is 16.3. The highest BCUT2D eigenvalue weighted by Crippen LogP contribution is 2.37. The minimum atomic E-state index is -0.470. The number of carbonyl (C=O) groups is 2. The van der Waals surface area contributed by atoms with Crippen molar-refractivity contribution in [3.8, 4) is 23.0 Å². The molecule has 0 N–H and O–H groups in total. The van der Waals surface area contributed by atoms with Crippen molar-refractivity contribution in [2.75, 3.05) is 20.7 Å². The van der Waals surface area contributed by atoms with Crippen LogP contribution in [0.1, 0.15) is 5.56 Å². The molecule has 0 aliphatic carbocycles. The molecule has 0 saturated carbocycles. The maximum absolute atomic E-state index is 12.5. The van der Waals surface area contributed by atoms with Crippen LogP contribution in [-0.4, -0.2) is 37.1 Å². The molecule has 0 spiro atoms. The van der Waals surface area contributed by atoms with Gasteiger partial charge in [0.1, 0.15) is 6.54 Å². The second kappa shape index (κ2) is 7.80. The number of hydrogen-bond acceptors (Lipinski definition) is 8. The van der Waals surface area contributed by atoms with Gasteiger partial charge in [0.25, 0.3) is 5.91 Å². The molecule has 158 valence electrons. The number of nitrogens with zero attached hydrogens (tertiary/aromatic N) is 2. The number of ether oxygens (including phenoxy) is 5. The van der Waals surface area contributed by atoms with E-state index in [4.69, 9.17) is 23.7 Å². The summed E-state index contributed by atoms with van der Waals surface area (Å²) in [6.07, 6.45) is 3.00. The van der Waals surface area contributed by atoms with Crippen LogP contribution in [0.25, 0.3) is 16.3 Å². The van der Waals surface area contributed by atoms with Crippen molar-refractivity contribution in [3.05, 3.63) is 46.8 Å². The average Bonchev–Trinajstić information content (AvgIpc) is 3.49. The molecular weight excluding hydrogens is 424 g/mol. The standard InChI is InChI=1S/C21H16N2O7S/c1-26-20(25)9-23-13-7-16-17(30-11-29-16)8-18(13)31-21(23)22-19(24)5-3-12-2-4-14-15(6-12)28-10-27-14/h2-8H,9-11H2,1H3. The minimum absolute atomic E-state index is 0.0892. The summed E-state index contributed by atoms with van der Waals surface area (Å²) in [5, 5.41) is 0. The van der Waals surface area contributed by atoms with Crippen LogP contribution in [0.5, 0.6) is 23.0 Å². The van der Waals surface area contributed by atoms with Crippen LogP contribution in [0.3, 0.4) is 0 Å². The van der Waals surface area contributed by atoms with E-state index in [0.29, 0.717) is 33.3 Å². The molecule has 2 aliphatic heterocycles. The van der Waals surface area contributed by atoms with Crippen molar-refractivity contribution in [1.82, 2.24) is 4.57 Å². The number of hydrogen-bond donors (Lipinski definition) is 0.